The van der Waals surface area contributed by atoms with Gasteiger partial charge in [0.2, 0.25) is 5.95 Å². The Morgan fingerprint density at radius 3 is 2.84 bits per heavy atom. The number of nitrogens with one attached hydrogen (secondary N) is 3. The van der Waals surface area contributed by atoms with Crippen LogP contribution in [-0.4, -0.2) is 25.6 Å². The van der Waals surface area contributed by atoms with Gasteiger partial charge >= 0.3 is 0 Å². The molecule has 8 heteroatoms. The second kappa shape index (κ2) is 6.04. The molecular weight excluding hydrogens is 320 g/mol. The molecule has 0 radical (unpaired) electrons. The molecular formula is C17H18N6O2. The molecule has 0 amide bonds. The molecule has 4 rings (SSSR count). The third kappa shape index (κ3) is 2.98. The predicted molar refractivity (Wildman–Crippen MR) is 96.4 cm³/mol. The van der Waals surface area contributed by atoms with Gasteiger partial charge in [-0.15, -0.1) is 0 Å². The highest BCUT2D eigenvalue weighted by Gasteiger charge is 2.20. The molecule has 3 aromatic rings. The van der Waals surface area contributed by atoms with Crippen molar-refractivity contribution in [1.82, 2.24) is 19.5 Å². The third-order valence-electron chi connectivity index (χ3n) is 4.43. The first kappa shape index (κ1) is 15.4. The molecule has 0 unspecified atom stereocenters. The van der Waals surface area contributed by atoms with Gasteiger partial charge in [0.1, 0.15) is 11.6 Å². The number of anilines is 3. The van der Waals surface area contributed by atoms with Gasteiger partial charge in [0.15, 0.2) is 0 Å². The molecule has 0 aliphatic heterocycles. The maximum Gasteiger partial charge on any atom is 0.261 e. The van der Waals surface area contributed by atoms with E-state index in [-0.39, 0.29) is 11.1 Å². The van der Waals surface area contributed by atoms with Crippen molar-refractivity contribution >= 4 is 28.4 Å². The van der Waals surface area contributed by atoms with Gasteiger partial charge in [-0.25, -0.2) is 9.97 Å². The van der Waals surface area contributed by atoms with Crippen molar-refractivity contribution in [2.24, 2.45) is 7.05 Å². The highest BCUT2D eigenvalue weighted by molar-refractivity contribution is 5.93. The third-order valence-corrected chi connectivity index (χ3v) is 4.43. The Labute approximate surface area is 143 Å². The minimum atomic E-state index is -0.250. The number of aromatic amines is 1. The largest absolute Gasteiger partial charge is 0.367 e. The standard InChI is InChI=1S/C17H18N6O2/c1-23-8-6-10-9-12(21-17-18-7-5-13(24)22-17)20-15(14(10)16(23)25)19-11-3-2-4-11/h5-9,11H,2-4H2,1H3,(H3,18,19,20,21,22,24). The average molecular weight is 338 g/mol. The van der Waals surface area contributed by atoms with Crippen LogP contribution in [-0.2, 0) is 7.05 Å². The number of pyridine rings is 2. The first-order valence-corrected chi connectivity index (χ1v) is 8.19. The molecule has 1 fully saturated rings. The lowest BCUT2D eigenvalue weighted by Gasteiger charge is -2.27. The van der Waals surface area contributed by atoms with Crippen LogP contribution in [0.1, 0.15) is 19.3 Å². The monoisotopic (exact) mass is 338 g/mol. The summed E-state index contributed by atoms with van der Waals surface area (Å²) in [5, 5.41) is 7.71. The van der Waals surface area contributed by atoms with Gasteiger partial charge in [0, 0.05) is 31.5 Å². The van der Waals surface area contributed by atoms with Crippen molar-refractivity contribution in [2.75, 3.05) is 10.6 Å². The first-order chi connectivity index (χ1) is 12.1. The van der Waals surface area contributed by atoms with Gasteiger partial charge < -0.3 is 15.2 Å². The Hall–Kier alpha value is -3.16. The van der Waals surface area contributed by atoms with Gasteiger partial charge in [-0.1, -0.05) is 0 Å². The Morgan fingerprint density at radius 2 is 2.12 bits per heavy atom. The van der Waals surface area contributed by atoms with Crippen LogP contribution >= 0.6 is 0 Å². The molecule has 0 spiro atoms. The maximum absolute atomic E-state index is 12.6. The van der Waals surface area contributed by atoms with E-state index in [9.17, 15) is 9.59 Å². The molecule has 3 heterocycles. The maximum atomic E-state index is 12.6. The highest BCUT2D eigenvalue weighted by Crippen LogP contribution is 2.28. The molecule has 8 nitrogen and oxygen atoms in total. The zero-order valence-corrected chi connectivity index (χ0v) is 13.7. The minimum absolute atomic E-state index is 0.0929. The number of rotatable bonds is 4. The molecule has 3 N–H and O–H groups in total. The van der Waals surface area contributed by atoms with Gasteiger partial charge in [-0.2, -0.15) is 0 Å². The van der Waals surface area contributed by atoms with Crippen LogP contribution in [0.3, 0.4) is 0 Å². The van der Waals surface area contributed by atoms with E-state index in [2.05, 4.69) is 25.6 Å². The van der Waals surface area contributed by atoms with E-state index in [0.29, 0.717) is 29.0 Å². The van der Waals surface area contributed by atoms with Crippen LogP contribution < -0.4 is 21.8 Å². The number of aryl methyl sites for hydroxylation is 1. The number of fused-ring (bicyclic) bond motifs is 1. The molecule has 25 heavy (non-hydrogen) atoms. The van der Waals surface area contributed by atoms with Crippen LogP contribution in [0.25, 0.3) is 10.8 Å². The van der Waals surface area contributed by atoms with Crippen molar-refractivity contribution in [3.05, 3.63) is 51.3 Å². The topological polar surface area (TPSA) is 105 Å². The zero-order chi connectivity index (χ0) is 17.4. The summed E-state index contributed by atoms with van der Waals surface area (Å²) in [6, 6.07) is 5.32. The fourth-order valence-electron chi connectivity index (χ4n) is 2.83. The fourth-order valence-corrected chi connectivity index (χ4v) is 2.83. The van der Waals surface area contributed by atoms with E-state index < -0.39 is 0 Å². The van der Waals surface area contributed by atoms with E-state index in [1.54, 1.807) is 23.9 Å². The van der Waals surface area contributed by atoms with Crippen molar-refractivity contribution < 1.29 is 0 Å². The summed E-state index contributed by atoms with van der Waals surface area (Å²) in [4.78, 5) is 35.2. The van der Waals surface area contributed by atoms with Gasteiger partial charge in [-0.3, -0.25) is 14.6 Å². The van der Waals surface area contributed by atoms with E-state index >= 15 is 0 Å². The minimum Gasteiger partial charge on any atom is -0.367 e. The quantitative estimate of drug-likeness (QED) is 0.669. The Balaban J connectivity index is 1.81. The average Bonchev–Trinajstić information content (AvgIpc) is 2.54. The Bertz CT molecular complexity index is 1050. The molecule has 1 aliphatic carbocycles. The molecule has 0 atom stereocenters. The molecule has 0 aromatic carbocycles. The lowest BCUT2D eigenvalue weighted by Crippen LogP contribution is -2.29. The molecule has 3 aromatic heterocycles. The molecule has 128 valence electrons. The SMILES string of the molecule is Cn1ccc2cc(Nc3nccc(=O)[nH]3)nc(NC3CCC3)c2c1=O. The molecule has 0 bridgehead atoms. The lowest BCUT2D eigenvalue weighted by atomic mass is 9.93. The zero-order valence-electron chi connectivity index (χ0n) is 13.7. The Kier molecular flexibility index (Phi) is 3.72. The predicted octanol–water partition coefficient (Wildman–Crippen LogP) is 1.72. The van der Waals surface area contributed by atoms with Gasteiger partial charge in [0.25, 0.3) is 11.1 Å². The van der Waals surface area contributed by atoms with Crippen LogP contribution in [0, 0.1) is 0 Å². The van der Waals surface area contributed by atoms with E-state index in [1.807, 2.05) is 6.07 Å². The van der Waals surface area contributed by atoms with E-state index in [1.165, 1.54) is 18.7 Å². The van der Waals surface area contributed by atoms with Crippen molar-refractivity contribution in [2.45, 2.75) is 25.3 Å². The number of hydrogen-bond donors (Lipinski definition) is 3. The smallest absolute Gasteiger partial charge is 0.261 e. The van der Waals surface area contributed by atoms with Crippen molar-refractivity contribution in [1.29, 1.82) is 0 Å². The molecule has 1 saturated carbocycles. The number of H-pyrrole nitrogens is 1. The van der Waals surface area contributed by atoms with Crippen LogP contribution in [0.15, 0.2) is 40.2 Å². The summed E-state index contributed by atoms with van der Waals surface area (Å²) in [5.74, 6) is 1.37. The summed E-state index contributed by atoms with van der Waals surface area (Å²) in [5.41, 5.74) is -0.343. The molecule has 1 aliphatic rings. The van der Waals surface area contributed by atoms with Crippen LogP contribution in [0.4, 0.5) is 17.6 Å². The van der Waals surface area contributed by atoms with Crippen LogP contribution in [0.5, 0.6) is 0 Å². The summed E-state index contributed by atoms with van der Waals surface area (Å²) in [6.07, 6.45) is 6.47. The van der Waals surface area contributed by atoms with Crippen molar-refractivity contribution in [3.8, 4) is 0 Å². The fraction of sp³-hybridized carbons (Fsp3) is 0.294. The first-order valence-electron chi connectivity index (χ1n) is 8.19. The van der Waals surface area contributed by atoms with Gasteiger partial charge in [0.05, 0.1) is 5.39 Å². The number of nitrogens with zero attached hydrogens (tertiary/aromatic N) is 3. The van der Waals surface area contributed by atoms with Gasteiger partial charge in [-0.05, 0) is 36.8 Å². The summed E-state index contributed by atoms with van der Waals surface area (Å²) >= 11 is 0. The second-order valence-corrected chi connectivity index (χ2v) is 6.23. The van der Waals surface area contributed by atoms with Crippen LogP contribution in [0.2, 0.25) is 0 Å². The summed E-state index contributed by atoms with van der Waals surface area (Å²) in [7, 11) is 1.72. The normalized spacial score (nSPS) is 14.3. The number of aromatic nitrogens is 4. The second-order valence-electron chi connectivity index (χ2n) is 6.23. The Morgan fingerprint density at radius 1 is 1.28 bits per heavy atom. The van der Waals surface area contributed by atoms with Crippen molar-refractivity contribution in [3.63, 3.8) is 0 Å². The number of hydrogen-bond acceptors (Lipinski definition) is 6. The highest BCUT2D eigenvalue weighted by atomic mass is 16.1. The van der Waals surface area contributed by atoms with E-state index in [4.69, 9.17) is 0 Å². The summed E-state index contributed by atoms with van der Waals surface area (Å²) in [6.45, 7) is 0. The van der Waals surface area contributed by atoms with E-state index in [0.717, 1.165) is 18.2 Å². The summed E-state index contributed by atoms with van der Waals surface area (Å²) < 4.78 is 1.54. The lowest BCUT2D eigenvalue weighted by molar-refractivity contribution is 0.445. The molecule has 0 saturated heterocycles.